The summed E-state index contributed by atoms with van der Waals surface area (Å²) in [5.74, 6) is -1.42. The van der Waals surface area contributed by atoms with Crippen LogP contribution in [0.15, 0.2) is 11.8 Å². The van der Waals surface area contributed by atoms with E-state index in [0.29, 0.717) is 5.70 Å². The molecule has 1 aromatic rings. The molecule has 2 aliphatic rings. The first-order chi connectivity index (χ1) is 10.1. The smallest absolute Gasteiger partial charge is 0.355 e. The molecule has 0 bridgehead atoms. The highest BCUT2D eigenvalue weighted by molar-refractivity contribution is 6.25. The van der Waals surface area contributed by atoms with Crippen LogP contribution in [-0.2, 0) is 11.3 Å². The van der Waals surface area contributed by atoms with Crippen molar-refractivity contribution in [3.8, 4) is 0 Å². The summed E-state index contributed by atoms with van der Waals surface area (Å²) in [6, 6.07) is 0. The summed E-state index contributed by atoms with van der Waals surface area (Å²) in [5, 5.41) is 9.50. The molecule has 1 aromatic heterocycles. The lowest BCUT2D eigenvalue weighted by Crippen LogP contribution is -2.21. The number of aliphatic hydroxyl groups excluding tert-OH is 1. The summed E-state index contributed by atoms with van der Waals surface area (Å²) < 4.78 is 4.87. The second-order valence-electron chi connectivity index (χ2n) is 4.82. The third-order valence-electron chi connectivity index (χ3n) is 3.50. The highest BCUT2D eigenvalue weighted by Crippen LogP contribution is 2.31. The van der Waals surface area contributed by atoms with E-state index in [2.05, 4.69) is 4.98 Å². The van der Waals surface area contributed by atoms with Crippen LogP contribution in [-0.4, -0.2) is 52.2 Å². The second-order valence-corrected chi connectivity index (χ2v) is 4.82. The molecule has 7 heteroatoms. The van der Waals surface area contributed by atoms with Crippen molar-refractivity contribution in [2.45, 2.75) is 13.5 Å². The number of Topliss-reactive ketones (excluding diaryl/α,β-unsaturated/α-hetero) is 1. The van der Waals surface area contributed by atoms with Gasteiger partial charge in [-0.25, -0.2) is 4.79 Å². The predicted molar refractivity (Wildman–Crippen MR) is 71.0 cm³/mol. The summed E-state index contributed by atoms with van der Waals surface area (Å²) in [7, 11) is 0. The van der Waals surface area contributed by atoms with E-state index in [4.69, 9.17) is 4.74 Å². The fraction of sp³-hybridized carbons (Fsp3) is 0.357. The number of H-pyrrole nitrogens is 1. The number of fused-ring (bicyclic) bond motifs is 1. The molecule has 1 aliphatic carbocycles. The van der Waals surface area contributed by atoms with Crippen LogP contribution in [0.25, 0.3) is 0 Å². The van der Waals surface area contributed by atoms with Crippen LogP contribution < -0.4 is 0 Å². The zero-order chi connectivity index (χ0) is 15.1. The fourth-order valence-corrected chi connectivity index (χ4v) is 2.43. The zero-order valence-electron chi connectivity index (χ0n) is 11.4. The number of esters is 1. The third-order valence-corrected chi connectivity index (χ3v) is 3.50. The van der Waals surface area contributed by atoms with Gasteiger partial charge in [-0.2, -0.15) is 0 Å². The van der Waals surface area contributed by atoms with E-state index in [1.807, 2.05) is 0 Å². The van der Waals surface area contributed by atoms with Crippen LogP contribution in [0.4, 0.5) is 0 Å². The average Bonchev–Trinajstić information content (AvgIpc) is 3.21. The molecule has 2 N–H and O–H groups in total. The van der Waals surface area contributed by atoms with Gasteiger partial charge in [-0.3, -0.25) is 9.59 Å². The molecule has 0 atom stereocenters. The Morgan fingerprint density at radius 1 is 1.43 bits per heavy atom. The van der Waals surface area contributed by atoms with Crippen LogP contribution in [0.3, 0.4) is 0 Å². The number of nitrogens with zero attached hydrogens (tertiary/aromatic N) is 1. The van der Waals surface area contributed by atoms with E-state index in [0.717, 1.165) is 13.1 Å². The largest absolute Gasteiger partial charge is 0.461 e. The van der Waals surface area contributed by atoms with Gasteiger partial charge in [-0.15, -0.1) is 0 Å². The number of ether oxygens (including phenoxy) is 1. The highest BCUT2D eigenvalue weighted by Gasteiger charge is 2.38. The number of carbonyl (C=O) groups excluding carboxylic acids is 3. The van der Waals surface area contributed by atoms with Gasteiger partial charge in [-0.05, 0) is 6.92 Å². The normalized spacial score (nSPS) is 16.7. The van der Waals surface area contributed by atoms with Crippen molar-refractivity contribution in [2.24, 2.45) is 0 Å². The summed E-state index contributed by atoms with van der Waals surface area (Å²) in [6.07, 6.45) is 1.27. The summed E-state index contributed by atoms with van der Waals surface area (Å²) in [5.41, 5.74) is 0.519. The lowest BCUT2D eigenvalue weighted by Gasteiger charge is -2.13. The Kier molecular flexibility index (Phi) is 3.13. The van der Waals surface area contributed by atoms with E-state index in [9.17, 15) is 19.5 Å². The minimum atomic E-state index is -0.690. The molecule has 3 rings (SSSR count). The number of carbonyl (C=O) groups is 3. The Morgan fingerprint density at radius 2 is 2.14 bits per heavy atom. The van der Waals surface area contributed by atoms with Crippen molar-refractivity contribution in [3.63, 3.8) is 0 Å². The number of rotatable bonds is 4. The molecule has 0 saturated carbocycles. The first-order valence-corrected chi connectivity index (χ1v) is 6.67. The summed E-state index contributed by atoms with van der Waals surface area (Å²) in [6.45, 7) is 2.74. The molecule has 1 fully saturated rings. The molecule has 2 heterocycles. The lowest BCUT2D eigenvalue weighted by molar-refractivity contribution is 0.0516. The maximum atomic E-state index is 12.5. The molecule has 0 unspecified atom stereocenters. The van der Waals surface area contributed by atoms with Gasteiger partial charge in [-0.1, -0.05) is 0 Å². The average molecular weight is 290 g/mol. The Bertz CT molecular complexity index is 682. The molecule has 1 saturated heterocycles. The molecule has 110 valence electrons. The van der Waals surface area contributed by atoms with Crippen molar-refractivity contribution in [2.75, 3.05) is 19.7 Å². The van der Waals surface area contributed by atoms with Gasteiger partial charge in [0.1, 0.15) is 5.69 Å². The van der Waals surface area contributed by atoms with Gasteiger partial charge in [0, 0.05) is 24.7 Å². The van der Waals surface area contributed by atoms with E-state index in [1.165, 1.54) is 6.08 Å². The van der Waals surface area contributed by atoms with Gasteiger partial charge < -0.3 is 19.7 Å². The number of hydrogen-bond donors (Lipinski definition) is 2. The first-order valence-electron chi connectivity index (χ1n) is 6.67. The SMILES string of the molecule is CCOC(=O)c1[nH]c2c(c1CO)C(=O)C(N1CC1)=CC2=O. The predicted octanol–water partition coefficient (Wildman–Crippen LogP) is 0.262. The van der Waals surface area contributed by atoms with E-state index < -0.39 is 12.6 Å². The van der Waals surface area contributed by atoms with E-state index >= 15 is 0 Å². The molecule has 7 nitrogen and oxygen atoms in total. The van der Waals surface area contributed by atoms with Crippen LogP contribution in [0.2, 0.25) is 0 Å². The van der Waals surface area contributed by atoms with Crippen LogP contribution in [0.1, 0.15) is 43.8 Å². The van der Waals surface area contributed by atoms with Crippen LogP contribution in [0, 0.1) is 0 Å². The second kappa shape index (κ2) is 4.85. The number of hydrogen-bond acceptors (Lipinski definition) is 6. The number of aliphatic hydroxyl groups is 1. The van der Waals surface area contributed by atoms with Gasteiger partial charge >= 0.3 is 5.97 Å². The van der Waals surface area contributed by atoms with Gasteiger partial charge in [0.2, 0.25) is 11.6 Å². The molecule has 1 aliphatic heterocycles. The standard InChI is InChI=1S/C14H14N2O5/c1-2-21-14(20)11-7(6-17)10-12(15-11)9(18)5-8(13(10)19)16-3-4-16/h5,15,17H,2-4,6H2,1H3. The van der Waals surface area contributed by atoms with Crippen LogP contribution >= 0.6 is 0 Å². The molecule has 0 amide bonds. The maximum Gasteiger partial charge on any atom is 0.355 e. The molecule has 0 spiro atoms. The van der Waals surface area contributed by atoms with Crippen molar-refractivity contribution >= 4 is 17.5 Å². The topological polar surface area (TPSA) is 99.5 Å². The summed E-state index contributed by atoms with van der Waals surface area (Å²) >= 11 is 0. The number of aromatic amines is 1. The zero-order valence-corrected chi connectivity index (χ0v) is 11.4. The number of allylic oxidation sites excluding steroid dienone is 2. The molecule has 21 heavy (non-hydrogen) atoms. The third kappa shape index (κ3) is 2.06. The monoisotopic (exact) mass is 290 g/mol. The number of ketones is 2. The van der Waals surface area contributed by atoms with Gasteiger partial charge in [0.05, 0.1) is 30.2 Å². The van der Waals surface area contributed by atoms with Crippen molar-refractivity contribution < 1.29 is 24.2 Å². The molecule has 0 radical (unpaired) electrons. The minimum absolute atomic E-state index is 0.0357. The fourth-order valence-electron chi connectivity index (χ4n) is 2.43. The number of nitrogens with one attached hydrogen (secondary N) is 1. The van der Waals surface area contributed by atoms with Gasteiger partial charge in [0.25, 0.3) is 0 Å². The molecular formula is C14H14N2O5. The van der Waals surface area contributed by atoms with E-state index in [-0.39, 0.29) is 40.7 Å². The Morgan fingerprint density at radius 3 is 2.71 bits per heavy atom. The number of aromatic nitrogens is 1. The molecular weight excluding hydrogens is 276 g/mol. The Labute approximate surface area is 120 Å². The highest BCUT2D eigenvalue weighted by atomic mass is 16.5. The molecule has 0 aromatic carbocycles. The minimum Gasteiger partial charge on any atom is -0.461 e. The van der Waals surface area contributed by atoms with Crippen LogP contribution in [0.5, 0.6) is 0 Å². The van der Waals surface area contributed by atoms with Crippen molar-refractivity contribution in [1.29, 1.82) is 0 Å². The lowest BCUT2D eigenvalue weighted by atomic mass is 9.95. The Hall–Kier alpha value is -2.41. The quantitative estimate of drug-likeness (QED) is 0.609. The maximum absolute atomic E-state index is 12.5. The Balaban J connectivity index is 2.10. The van der Waals surface area contributed by atoms with E-state index in [1.54, 1.807) is 11.8 Å². The van der Waals surface area contributed by atoms with Crippen molar-refractivity contribution in [3.05, 3.63) is 34.3 Å². The van der Waals surface area contributed by atoms with Crippen molar-refractivity contribution in [1.82, 2.24) is 9.88 Å². The van der Waals surface area contributed by atoms with Gasteiger partial charge in [0.15, 0.2) is 0 Å². The summed E-state index contributed by atoms with van der Waals surface area (Å²) in [4.78, 5) is 40.9. The first kappa shape index (κ1) is 13.6.